The molecule has 2 saturated heterocycles. The van der Waals surface area contributed by atoms with Crippen molar-refractivity contribution in [1.29, 1.82) is 0 Å². The fourth-order valence-corrected chi connectivity index (χ4v) is 6.04. The minimum absolute atomic E-state index is 0.0401. The molecule has 0 spiro atoms. The Bertz CT molecular complexity index is 912. The van der Waals surface area contributed by atoms with Gasteiger partial charge in [0.25, 0.3) is 11.8 Å². The summed E-state index contributed by atoms with van der Waals surface area (Å²) in [5.74, 6) is -0.116. The van der Waals surface area contributed by atoms with Crippen LogP contribution in [0, 0.1) is 5.92 Å². The van der Waals surface area contributed by atoms with Crippen molar-refractivity contribution in [2.75, 3.05) is 38.2 Å². The molecule has 1 unspecified atom stereocenters. The summed E-state index contributed by atoms with van der Waals surface area (Å²) in [6.07, 6.45) is 9.32. The molecule has 3 aliphatic heterocycles. The van der Waals surface area contributed by atoms with Crippen molar-refractivity contribution < 1.29 is 19.1 Å². The van der Waals surface area contributed by atoms with Crippen LogP contribution in [0.1, 0.15) is 78.5 Å². The van der Waals surface area contributed by atoms with Crippen LogP contribution in [-0.2, 0) is 9.53 Å². The van der Waals surface area contributed by atoms with Crippen LogP contribution in [0.15, 0.2) is 18.2 Å². The highest BCUT2D eigenvalue weighted by atomic mass is 16.5. The number of amides is 3. The monoisotopic (exact) mass is 453 g/mol. The third-order valence-electron chi connectivity index (χ3n) is 8.04. The Balaban J connectivity index is 1.25. The summed E-state index contributed by atoms with van der Waals surface area (Å²) < 4.78 is 5.66. The normalized spacial score (nSPS) is 24.5. The Hall–Kier alpha value is -2.41. The lowest BCUT2D eigenvalue weighted by molar-refractivity contribution is -0.137. The van der Waals surface area contributed by atoms with Crippen LogP contribution in [-0.4, -0.2) is 73.0 Å². The maximum atomic E-state index is 13.3. The first-order chi connectivity index (χ1) is 16.0. The van der Waals surface area contributed by atoms with Crippen LogP contribution in [0.2, 0.25) is 0 Å². The first-order valence-corrected chi connectivity index (χ1v) is 12.7. The van der Waals surface area contributed by atoms with Gasteiger partial charge in [0.15, 0.2) is 0 Å². The maximum Gasteiger partial charge on any atom is 0.263 e. The highest BCUT2D eigenvalue weighted by Gasteiger charge is 2.40. The van der Waals surface area contributed by atoms with Gasteiger partial charge >= 0.3 is 0 Å². The van der Waals surface area contributed by atoms with Gasteiger partial charge in [-0.3, -0.25) is 19.3 Å². The second-order valence-corrected chi connectivity index (χ2v) is 10.1. The zero-order valence-electron chi connectivity index (χ0n) is 19.6. The SMILES string of the molecule is CN(C(=O)C1CCN(c2cccc3c2C(=O)N(CC2CCCO2)C3=O)CC1)C1CCCCC1. The molecule has 1 aromatic carbocycles. The van der Waals surface area contributed by atoms with E-state index in [9.17, 15) is 14.4 Å². The van der Waals surface area contributed by atoms with Crippen LogP contribution < -0.4 is 4.90 Å². The molecule has 0 N–H and O–H groups in total. The average molecular weight is 454 g/mol. The molecule has 1 saturated carbocycles. The number of nitrogens with zero attached hydrogens (tertiary/aromatic N) is 3. The Kier molecular flexibility index (Phi) is 6.41. The Morgan fingerprint density at radius 3 is 2.45 bits per heavy atom. The Labute approximate surface area is 196 Å². The van der Waals surface area contributed by atoms with Crippen molar-refractivity contribution in [3.05, 3.63) is 29.3 Å². The minimum Gasteiger partial charge on any atom is -0.376 e. The van der Waals surface area contributed by atoms with Crippen molar-refractivity contribution in [3.8, 4) is 0 Å². The van der Waals surface area contributed by atoms with E-state index in [2.05, 4.69) is 4.90 Å². The van der Waals surface area contributed by atoms with E-state index in [1.165, 1.54) is 24.2 Å². The van der Waals surface area contributed by atoms with Gasteiger partial charge in [-0.1, -0.05) is 25.3 Å². The summed E-state index contributed by atoms with van der Waals surface area (Å²) in [6, 6.07) is 5.95. The molecule has 0 bridgehead atoms. The predicted octanol–water partition coefficient (Wildman–Crippen LogP) is 3.47. The highest BCUT2D eigenvalue weighted by Crippen LogP contribution is 2.35. The highest BCUT2D eigenvalue weighted by molar-refractivity contribution is 6.23. The number of hydrogen-bond donors (Lipinski definition) is 0. The van der Waals surface area contributed by atoms with Gasteiger partial charge in [-0.2, -0.15) is 0 Å². The molecule has 0 aromatic heterocycles. The maximum absolute atomic E-state index is 13.3. The topological polar surface area (TPSA) is 70.2 Å². The van der Waals surface area contributed by atoms with Gasteiger partial charge in [-0.25, -0.2) is 0 Å². The van der Waals surface area contributed by atoms with Crippen molar-refractivity contribution >= 4 is 23.4 Å². The minimum atomic E-state index is -0.216. The van der Waals surface area contributed by atoms with E-state index in [-0.39, 0.29) is 29.7 Å². The molecule has 1 aliphatic carbocycles. The zero-order valence-corrected chi connectivity index (χ0v) is 19.6. The number of imide groups is 1. The van der Waals surface area contributed by atoms with Gasteiger partial charge in [0.2, 0.25) is 5.91 Å². The number of rotatable bonds is 5. The van der Waals surface area contributed by atoms with E-state index in [1.54, 1.807) is 6.07 Å². The molecular formula is C26H35N3O4. The molecule has 178 valence electrons. The molecular weight excluding hydrogens is 418 g/mol. The number of anilines is 1. The lowest BCUT2D eigenvalue weighted by Gasteiger charge is -2.38. The summed E-state index contributed by atoms with van der Waals surface area (Å²) in [5, 5.41) is 0. The van der Waals surface area contributed by atoms with Gasteiger partial charge in [-0.15, -0.1) is 0 Å². The fourth-order valence-electron chi connectivity index (χ4n) is 6.04. The van der Waals surface area contributed by atoms with E-state index in [4.69, 9.17) is 4.74 Å². The van der Waals surface area contributed by atoms with Gasteiger partial charge in [0.1, 0.15) is 0 Å². The summed E-state index contributed by atoms with van der Waals surface area (Å²) in [6.45, 7) is 2.47. The van der Waals surface area contributed by atoms with Crippen LogP contribution in [0.5, 0.6) is 0 Å². The quantitative estimate of drug-likeness (QED) is 0.639. The van der Waals surface area contributed by atoms with Crippen LogP contribution in [0.4, 0.5) is 5.69 Å². The number of piperidine rings is 1. The molecule has 33 heavy (non-hydrogen) atoms. The van der Waals surface area contributed by atoms with E-state index >= 15 is 0 Å². The van der Waals surface area contributed by atoms with Crippen molar-refractivity contribution in [1.82, 2.24) is 9.80 Å². The van der Waals surface area contributed by atoms with Crippen LogP contribution >= 0.6 is 0 Å². The van der Waals surface area contributed by atoms with Crippen LogP contribution in [0.3, 0.4) is 0 Å². The Morgan fingerprint density at radius 2 is 1.76 bits per heavy atom. The number of carbonyl (C=O) groups is 3. The third kappa shape index (κ3) is 4.27. The predicted molar refractivity (Wildman–Crippen MR) is 125 cm³/mol. The number of carbonyl (C=O) groups excluding carboxylic acids is 3. The van der Waals surface area contributed by atoms with E-state index in [1.807, 2.05) is 24.1 Å². The molecule has 3 fully saturated rings. The number of benzene rings is 1. The smallest absolute Gasteiger partial charge is 0.263 e. The second-order valence-electron chi connectivity index (χ2n) is 10.1. The largest absolute Gasteiger partial charge is 0.376 e. The first-order valence-electron chi connectivity index (χ1n) is 12.7. The lowest BCUT2D eigenvalue weighted by Crippen LogP contribution is -2.45. The van der Waals surface area contributed by atoms with Crippen molar-refractivity contribution in [2.45, 2.75) is 69.9 Å². The standard InChI is InChI=1S/C26H35N3O4/c1-27(19-7-3-2-4-8-19)24(30)18-12-14-28(15-13-18)22-11-5-10-21-23(22)26(32)29(25(21)31)17-20-9-6-16-33-20/h5,10-11,18-20H,2-4,6-9,12-17H2,1H3. The van der Waals surface area contributed by atoms with Gasteiger partial charge in [0, 0.05) is 38.7 Å². The molecule has 0 radical (unpaired) electrons. The summed E-state index contributed by atoms with van der Waals surface area (Å²) in [7, 11) is 1.97. The second kappa shape index (κ2) is 9.45. The third-order valence-corrected chi connectivity index (χ3v) is 8.04. The molecule has 5 rings (SSSR count). The van der Waals surface area contributed by atoms with E-state index < -0.39 is 0 Å². The molecule has 3 heterocycles. The first kappa shape index (κ1) is 22.4. The fraction of sp³-hybridized carbons (Fsp3) is 0.654. The summed E-state index contributed by atoms with van der Waals surface area (Å²) in [5.41, 5.74) is 1.84. The van der Waals surface area contributed by atoms with Crippen molar-refractivity contribution in [2.24, 2.45) is 5.92 Å². The number of fused-ring (bicyclic) bond motifs is 1. The van der Waals surface area contributed by atoms with E-state index in [0.29, 0.717) is 30.3 Å². The molecule has 1 atom stereocenters. The van der Waals surface area contributed by atoms with E-state index in [0.717, 1.165) is 57.3 Å². The average Bonchev–Trinajstić information content (AvgIpc) is 3.47. The summed E-state index contributed by atoms with van der Waals surface area (Å²) >= 11 is 0. The lowest BCUT2D eigenvalue weighted by atomic mass is 9.90. The number of hydrogen-bond acceptors (Lipinski definition) is 5. The van der Waals surface area contributed by atoms with Crippen LogP contribution in [0.25, 0.3) is 0 Å². The molecule has 1 aromatic rings. The molecule has 4 aliphatic rings. The molecule has 3 amide bonds. The summed E-state index contributed by atoms with van der Waals surface area (Å²) in [4.78, 5) is 44.9. The zero-order chi connectivity index (χ0) is 22.9. The van der Waals surface area contributed by atoms with Gasteiger partial charge < -0.3 is 14.5 Å². The number of ether oxygens (including phenoxy) is 1. The van der Waals surface area contributed by atoms with Crippen molar-refractivity contribution in [3.63, 3.8) is 0 Å². The molecule has 7 nitrogen and oxygen atoms in total. The Morgan fingerprint density at radius 1 is 1.00 bits per heavy atom. The van der Waals surface area contributed by atoms with Gasteiger partial charge in [0.05, 0.1) is 29.5 Å². The molecule has 7 heteroatoms. The van der Waals surface area contributed by atoms with Gasteiger partial charge in [-0.05, 0) is 50.7 Å².